The number of ether oxygens (including phenoxy) is 1. The fraction of sp³-hybridized carbons (Fsp3) is 0.118. The van der Waals surface area contributed by atoms with Gasteiger partial charge in [-0.05, 0) is 31.2 Å². The molecule has 0 aliphatic carbocycles. The van der Waals surface area contributed by atoms with Gasteiger partial charge in [0.15, 0.2) is 0 Å². The Labute approximate surface area is 128 Å². The molecule has 0 saturated carbocycles. The van der Waals surface area contributed by atoms with Gasteiger partial charge in [0.2, 0.25) is 0 Å². The van der Waals surface area contributed by atoms with Crippen molar-refractivity contribution in [3.8, 4) is 5.69 Å². The largest absolute Gasteiger partial charge is 0.452 e. The van der Waals surface area contributed by atoms with E-state index in [1.165, 1.54) is 6.20 Å². The molecule has 0 fully saturated rings. The zero-order chi connectivity index (χ0) is 15.4. The summed E-state index contributed by atoms with van der Waals surface area (Å²) in [4.78, 5) is 16.3. The van der Waals surface area contributed by atoms with E-state index in [1.807, 2.05) is 48.5 Å². The second-order valence-corrected chi connectivity index (χ2v) is 4.81. The number of benzene rings is 1. The lowest BCUT2D eigenvalue weighted by Gasteiger charge is -2.11. The molecule has 3 rings (SSSR count). The van der Waals surface area contributed by atoms with Gasteiger partial charge in [-0.3, -0.25) is 4.98 Å². The van der Waals surface area contributed by atoms with Gasteiger partial charge >= 0.3 is 5.97 Å². The lowest BCUT2D eigenvalue weighted by Crippen LogP contribution is -2.09. The van der Waals surface area contributed by atoms with E-state index in [9.17, 15) is 4.79 Å². The zero-order valence-corrected chi connectivity index (χ0v) is 12.1. The lowest BCUT2D eigenvalue weighted by molar-refractivity contribution is 0.0329. The third kappa shape index (κ3) is 3.03. The fourth-order valence-electron chi connectivity index (χ4n) is 2.06. The minimum Gasteiger partial charge on any atom is -0.452 e. The average molecular weight is 293 g/mol. The highest BCUT2D eigenvalue weighted by Gasteiger charge is 2.16. The molecule has 5 heteroatoms. The normalized spacial score (nSPS) is 11.9. The molecule has 1 atom stereocenters. The van der Waals surface area contributed by atoms with Crippen LogP contribution in [0.4, 0.5) is 0 Å². The van der Waals surface area contributed by atoms with Gasteiger partial charge in [-0.2, -0.15) is 5.10 Å². The topological polar surface area (TPSA) is 57.0 Å². The molecule has 0 N–H and O–H groups in total. The van der Waals surface area contributed by atoms with Gasteiger partial charge in [0.1, 0.15) is 6.10 Å². The van der Waals surface area contributed by atoms with Gasteiger partial charge in [-0.1, -0.05) is 24.3 Å². The van der Waals surface area contributed by atoms with Crippen LogP contribution in [0.2, 0.25) is 0 Å². The molecule has 2 aromatic heterocycles. The summed E-state index contributed by atoms with van der Waals surface area (Å²) < 4.78 is 7.06. The minimum absolute atomic E-state index is 0.409. The molecule has 0 radical (unpaired) electrons. The van der Waals surface area contributed by atoms with Crippen LogP contribution in [-0.2, 0) is 4.74 Å². The monoisotopic (exact) mass is 293 g/mol. The first-order valence-corrected chi connectivity index (χ1v) is 6.96. The fourth-order valence-corrected chi connectivity index (χ4v) is 2.06. The van der Waals surface area contributed by atoms with Crippen LogP contribution in [0, 0.1) is 0 Å². The summed E-state index contributed by atoms with van der Waals surface area (Å²) in [5, 5.41) is 4.19. The first-order valence-electron chi connectivity index (χ1n) is 6.96. The molecule has 2 heterocycles. The number of hydrogen-bond donors (Lipinski definition) is 0. The van der Waals surface area contributed by atoms with Crippen molar-refractivity contribution in [2.45, 2.75) is 13.0 Å². The number of pyridine rings is 1. The maximum Gasteiger partial charge on any atom is 0.342 e. The molecule has 0 amide bonds. The van der Waals surface area contributed by atoms with E-state index in [4.69, 9.17) is 4.74 Å². The maximum atomic E-state index is 12.2. The maximum absolute atomic E-state index is 12.2. The molecular weight excluding hydrogens is 278 g/mol. The van der Waals surface area contributed by atoms with Crippen molar-refractivity contribution < 1.29 is 9.53 Å². The summed E-state index contributed by atoms with van der Waals surface area (Å²) in [6, 6.07) is 15.1. The smallest absolute Gasteiger partial charge is 0.342 e. The van der Waals surface area contributed by atoms with Crippen molar-refractivity contribution >= 4 is 5.97 Å². The van der Waals surface area contributed by atoms with Gasteiger partial charge in [0.25, 0.3) is 0 Å². The second-order valence-electron chi connectivity index (χ2n) is 4.81. The molecule has 1 aromatic carbocycles. The third-order valence-electron chi connectivity index (χ3n) is 3.23. The number of aromatic nitrogens is 3. The highest BCUT2D eigenvalue weighted by atomic mass is 16.5. The molecule has 5 nitrogen and oxygen atoms in total. The molecule has 22 heavy (non-hydrogen) atoms. The molecule has 0 spiro atoms. The number of rotatable bonds is 4. The Morgan fingerprint density at radius 1 is 1.14 bits per heavy atom. The lowest BCUT2D eigenvalue weighted by atomic mass is 10.2. The van der Waals surface area contributed by atoms with Crippen LogP contribution in [0.3, 0.4) is 0 Å². The van der Waals surface area contributed by atoms with Crippen molar-refractivity contribution in [1.82, 2.24) is 14.8 Å². The number of carbonyl (C=O) groups is 1. The Morgan fingerprint density at radius 2 is 1.91 bits per heavy atom. The molecule has 0 bridgehead atoms. The number of hydrogen-bond acceptors (Lipinski definition) is 4. The molecule has 0 aliphatic rings. The third-order valence-corrected chi connectivity index (χ3v) is 3.23. The van der Waals surface area contributed by atoms with Gasteiger partial charge in [-0.25, -0.2) is 9.48 Å². The van der Waals surface area contributed by atoms with E-state index >= 15 is 0 Å². The summed E-state index contributed by atoms with van der Waals surface area (Å²) in [5.41, 5.74) is 2.01. The number of esters is 1. The van der Waals surface area contributed by atoms with E-state index in [2.05, 4.69) is 10.1 Å². The standard InChI is InChI=1S/C17H15N3O2/c1-13(16-9-5-6-10-18-16)22-17(21)14-11-19-20(12-14)15-7-3-2-4-8-15/h2-13H,1H3/t13-/m0/s1. The van der Waals surface area contributed by atoms with Gasteiger partial charge < -0.3 is 4.74 Å². The Bertz CT molecular complexity index is 754. The predicted molar refractivity (Wildman–Crippen MR) is 81.6 cm³/mol. The number of carbonyl (C=O) groups excluding carboxylic acids is 1. The van der Waals surface area contributed by atoms with Gasteiger partial charge in [-0.15, -0.1) is 0 Å². The van der Waals surface area contributed by atoms with Crippen LogP contribution in [0.5, 0.6) is 0 Å². The van der Waals surface area contributed by atoms with Crippen LogP contribution in [0.1, 0.15) is 29.1 Å². The minimum atomic E-state index is -0.416. The molecular formula is C17H15N3O2. The number of para-hydroxylation sites is 1. The van der Waals surface area contributed by atoms with Crippen molar-refractivity contribution in [2.24, 2.45) is 0 Å². The van der Waals surface area contributed by atoms with Crippen LogP contribution >= 0.6 is 0 Å². The first kappa shape index (κ1) is 14.0. The van der Waals surface area contributed by atoms with E-state index in [0.717, 1.165) is 5.69 Å². The Kier molecular flexibility index (Phi) is 3.96. The van der Waals surface area contributed by atoms with Gasteiger partial charge in [0.05, 0.1) is 23.1 Å². The SMILES string of the molecule is C[C@H](OC(=O)c1cnn(-c2ccccc2)c1)c1ccccn1. The van der Waals surface area contributed by atoms with Crippen molar-refractivity contribution in [1.29, 1.82) is 0 Å². The number of nitrogens with zero attached hydrogens (tertiary/aromatic N) is 3. The molecule has 0 unspecified atom stereocenters. The first-order chi connectivity index (χ1) is 10.7. The molecule has 0 saturated heterocycles. The van der Waals surface area contributed by atoms with Crippen molar-refractivity contribution in [3.63, 3.8) is 0 Å². The molecule has 3 aromatic rings. The Morgan fingerprint density at radius 3 is 2.64 bits per heavy atom. The summed E-state index contributed by atoms with van der Waals surface area (Å²) >= 11 is 0. The molecule has 0 aliphatic heterocycles. The van der Waals surface area contributed by atoms with E-state index in [0.29, 0.717) is 11.3 Å². The Hall–Kier alpha value is -2.95. The Balaban J connectivity index is 1.72. The van der Waals surface area contributed by atoms with Crippen molar-refractivity contribution in [2.75, 3.05) is 0 Å². The zero-order valence-electron chi connectivity index (χ0n) is 12.1. The predicted octanol–water partition coefficient (Wildman–Crippen LogP) is 3.19. The molecule has 110 valence electrons. The average Bonchev–Trinajstić information content (AvgIpc) is 3.06. The highest BCUT2D eigenvalue weighted by Crippen LogP contribution is 2.16. The van der Waals surface area contributed by atoms with E-state index in [1.54, 1.807) is 24.0 Å². The highest BCUT2D eigenvalue weighted by molar-refractivity contribution is 5.89. The van der Waals surface area contributed by atoms with Crippen LogP contribution in [-0.4, -0.2) is 20.7 Å². The summed E-state index contributed by atoms with van der Waals surface area (Å²) in [6.45, 7) is 1.79. The summed E-state index contributed by atoms with van der Waals surface area (Å²) in [7, 11) is 0. The van der Waals surface area contributed by atoms with Crippen LogP contribution < -0.4 is 0 Å². The van der Waals surface area contributed by atoms with Crippen LogP contribution in [0.25, 0.3) is 5.69 Å². The second kappa shape index (κ2) is 6.22. The van der Waals surface area contributed by atoms with Gasteiger partial charge in [0, 0.05) is 12.4 Å². The van der Waals surface area contributed by atoms with Crippen molar-refractivity contribution in [3.05, 3.63) is 78.4 Å². The summed E-state index contributed by atoms with van der Waals surface area (Å²) in [5.74, 6) is -0.416. The summed E-state index contributed by atoms with van der Waals surface area (Å²) in [6.07, 6.45) is 4.42. The van der Waals surface area contributed by atoms with Crippen LogP contribution in [0.15, 0.2) is 67.1 Å². The van der Waals surface area contributed by atoms with E-state index < -0.39 is 12.1 Å². The quantitative estimate of drug-likeness (QED) is 0.693. The van der Waals surface area contributed by atoms with E-state index in [-0.39, 0.29) is 0 Å².